The second-order valence-corrected chi connectivity index (χ2v) is 6.21. The zero-order valence-electron chi connectivity index (χ0n) is 13.6. The first-order valence-corrected chi connectivity index (χ1v) is 7.02. The lowest BCUT2D eigenvalue weighted by Gasteiger charge is -2.29. The molecule has 0 aliphatic heterocycles. The summed E-state index contributed by atoms with van der Waals surface area (Å²) in [7, 11) is 4.02. The fraction of sp³-hybridized carbons (Fsp3) is 0.733. The predicted octanol–water partition coefficient (Wildman–Crippen LogP) is 3.36. The molecule has 19 heavy (non-hydrogen) atoms. The van der Waals surface area contributed by atoms with E-state index in [1.54, 1.807) is 0 Å². The maximum atomic E-state index is 4.80. The first-order chi connectivity index (χ1) is 8.72. The third-order valence-electron chi connectivity index (χ3n) is 3.61. The Morgan fingerprint density at radius 2 is 1.84 bits per heavy atom. The van der Waals surface area contributed by atoms with Crippen LogP contribution >= 0.6 is 0 Å². The highest BCUT2D eigenvalue weighted by Gasteiger charge is 2.23. The summed E-state index contributed by atoms with van der Waals surface area (Å²) in [5, 5.41) is 3.18. The molecule has 0 saturated heterocycles. The lowest BCUT2D eigenvalue weighted by atomic mass is 9.95. The van der Waals surface area contributed by atoms with E-state index in [9.17, 15) is 0 Å². The van der Waals surface area contributed by atoms with Crippen molar-refractivity contribution in [1.29, 1.82) is 0 Å². The second kappa shape index (κ2) is 5.76. The molecule has 1 N–H and O–H groups in total. The summed E-state index contributed by atoms with van der Waals surface area (Å²) in [5.41, 5.74) is 1.06. The van der Waals surface area contributed by atoms with Gasteiger partial charge in [0.2, 0.25) is 0 Å². The Labute approximate surface area is 117 Å². The molecule has 0 aliphatic carbocycles. The number of nitrogens with zero attached hydrogens (tertiary/aromatic N) is 3. The minimum absolute atomic E-state index is 0.0512. The minimum atomic E-state index is -0.0512. The van der Waals surface area contributed by atoms with Gasteiger partial charge in [-0.1, -0.05) is 27.7 Å². The summed E-state index contributed by atoms with van der Waals surface area (Å²) in [6.07, 6.45) is 1.10. The molecule has 1 unspecified atom stereocenters. The Morgan fingerprint density at radius 1 is 1.26 bits per heavy atom. The maximum absolute atomic E-state index is 4.80. The summed E-state index contributed by atoms with van der Waals surface area (Å²) in [5.74, 6) is 2.83. The van der Waals surface area contributed by atoms with Crippen molar-refractivity contribution in [2.24, 2.45) is 0 Å². The van der Waals surface area contributed by atoms with Gasteiger partial charge in [0.15, 0.2) is 0 Å². The van der Waals surface area contributed by atoms with E-state index in [4.69, 9.17) is 4.98 Å². The van der Waals surface area contributed by atoms with Crippen LogP contribution in [0.3, 0.4) is 0 Å². The van der Waals surface area contributed by atoms with E-state index in [0.717, 1.165) is 29.4 Å². The molecular formula is C15H28N4. The van der Waals surface area contributed by atoms with Crippen LogP contribution in [0.2, 0.25) is 0 Å². The summed E-state index contributed by atoms with van der Waals surface area (Å²) in [4.78, 5) is 11.7. The largest absolute Gasteiger partial charge is 0.373 e. The molecule has 4 heteroatoms. The number of hydrogen-bond acceptors (Lipinski definition) is 4. The van der Waals surface area contributed by atoms with Crippen LogP contribution in [0.25, 0.3) is 0 Å². The van der Waals surface area contributed by atoms with Crippen LogP contribution in [0, 0.1) is 6.92 Å². The number of nitrogens with one attached hydrogen (secondary N) is 1. The Bertz CT molecular complexity index is 435. The fourth-order valence-electron chi connectivity index (χ4n) is 1.91. The molecule has 1 rings (SSSR count). The standard InChI is InChI=1S/C15H28N4/c1-9-10(2)19(8)13-11(3)12(16-7)17-14(18-13)15(4,5)6/h10H,9H2,1-8H3,(H,16,17,18). The van der Waals surface area contributed by atoms with Gasteiger partial charge in [0.25, 0.3) is 0 Å². The van der Waals surface area contributed by atoms with Gasteiger partial charge in [-0.2, -0.15) is 0 Å². The van der Waals surface area contributed by atoms with Crippen LogP contribution in [0.5, 0.6) is 0 Å². The molecule has 1 heterocycles. The number of rotatable bonds is 4. The van der Waals surface area contributed by atoms with Crippen LogP contribution < -0.4 is 10.2 Å². The van der Waals surface area contributed by atoms with Gasteiger partial charge in [0, 0.05) is 31.1 Å². The Kier molecular flexibility index (Phi) is 4.77. The molecule has 4 nitrogen and oxygen atoms in total. The van der Waals surface area contributed by atoms with Crippen molar-refractivity contribution in [3.05, 3.63) is 11.4 Å². The predicted molar refractivity (Wildman–Crippen MR) is 83.2 cm³/mol. The topological polar surface area (TPSA) is 41.1 Å². The molecule has 0 aliphatic rings. The summed E-state index contributed by atoms with van der Waals surface area (Å²) in [6, 6.07) is 0.464. The van der Waals surface area contributed by atoms with Crippen molar-refractivity contribution in [3.8, 4) is 0 Å². The maximum Gasteiger partial charge on any atom is 0.138 e. The third-order valence-corrected chi connectivity index (χ3v) is 3.61. The lowest BCUT2D eigenvalue weighted by Crippen LogP contribution is -2.31. The highest BCUT2D eigenvalue weighted by molar-refractivity contribution is 5.58. The van der Waals surface area contributed by atoms with E-state index in [1.807, 2.05) is 7.05 Å². The second-order valence-electron chi connectivity index (χ2n) is 6.21. The van der Waals surface area contributed by atoms with Crippen molar-refractivity contribution in [2.45, 2.75) is 59.4 Å². The molecule has 0 saturated carbocycles. The van der Waals surface area contributed by atoms with E-state index in [-0.39, 0.29) is 5.41 Å². The average molecular weight is 264 g/mol. The van der Waals surface area contributed by atoms with Crippen molar-refractivity contribution < 1.29 is 0 Å². The van der Waals surface area contributed by atoms with Crippen LogP contribution in [-0.4, -0.2) is 30.1 Å². The smallest absolute Gasteiger partial charge is 0.138 e. The number of anilines is 2. The molecule has 108 valence electrons. The molecule has 0 amide bonds. The quantitative estimate of drug-likeness (QED) is 0.905. The third kappa shape index (κ3) is 3.37. The summed E-state index contributed by atoms with van der Waals surface area (Å²) >= 11 is 0. The fourth-order valence-corrected chi connectivity index (χ4v) is 1.91. The van der Waals surface area contributed by atoms with E-state index in [0.29, 0.717) is 6.04 Å². The van der Waals surface area contributed by atoms with E-state index in [2.05, 4.69) is 63.8 Å². The van der Waals surface area contributed by atoms with Crippen LogP contribution in [0.1, 0.15) is 52.4 Å². The zero-order valence-corrected chi connectivity index (χ0v) is 13.6. The van der Waals surface area contributed by atoms with Crippen molar-refractivity contribution in [3.63, 3.8) is 0 Å². The Balaban J connectivity index is 3.37. The highest BCUT2D eigenvalue weighted by Crippen LogP contribution is 2.28. The van der Waals surface area contributed by atoms with Crippen LogP contribution in [0.4, 0.5) is 11.6 Å². The van der Waals surface area contributed by atoms with Gasteiger partial charge in [0.1, 0.15) is 17.5 Å². The highest BCUT2D eigenvalue weighted by atomic mass is 15.2. The Morgan fingerprint density at radius 3 is 2.26 bits per heavy atom. The number of aromatic nitrogens is 2. The molecule has 1 aromatic heterocycles. The van der Waals surface area contributed by atoms with E-state index < -0.39 is 0 Å². The van der Waals surface area contributed by atoms with E-state index in [1.165, 1.54) is 0 Å². The van der Waals surface area contributed by atoms with Gasteiger partial charge < -0.3 is 10.2 Å². The molecule has 0 spiro atoms. The van der Waals surface area contributed by atoms with E-state index >= 15 is 0 Å². The van der Waals surface area contributed by atoms with Gasteiger partial charge in [0.05, 0.1) is 0 Å². The molecule has 0 bridgehead atoms. The molecule has 0 fully saturated rings. The number of hydrogen-bond donors (Lipinski definition) is 1. The Hall–Kier alpha value is -1.32. The van der Waals surface area contributed by atoms with Crippen molar-refractivity contribution in [2.75, 3.05) is 24.3 Å². The first-order valence-electron chi connectivity index (χ1n) is 7.02. The van der Waals surface area contributed by atoms with Gasteiger partial charge in [-0.25, -0.2) is 9.97 Å². The van der Waals surface area contributed by atoms with Gasteiger partial charge in [-0.05, 0) is 20.3 Å². The summed E-state index contributed by atoms with van der Waals surface area (Å²) in [6.45, 7) is 12.9. The summed E-state index contributed by atoms with van der Waals surface area (Å²) < 4.78 is 0. The monoisotopic (exact) mass is 264 g/mol. The zero-order chi connectivity index (χ0) is 14.8. The molecule has 0 aromatic carbocycles. The van der Waals surface area contributed by atoms with Gasteiger partial charge >= 0.3 is 0 Å². The van der Waals surface area contributed by atoms with Crippen LogP contribution in [0.15, 0.2) is 0 Å². The lowest BCUT2D eigenvalue weighted by molar-refractivity contribution is 0.542. The minimum Gasteiger partial charge on any atom is -0.373 e. The first kappa shape index (κ1) is 15.7. The molecule has 0 radical (unpaired) electrons. The van der Waals surface area contributed by atoms with Gasteiger partial charge in [-0.15, -0.1) is 0 Å². The SMILES string of the molecule is CCC(C)N(C)c1nc(C(C)(C)C)nc(NC)c1C. The van der Waals surface area contributed by atoms with Crippen molar-refractivity contribution in [1.82, 2.24) is 9.97 Å². The van der Waals surface area contributed by atoms with Crippen molar-refractivity contribution >= 4 is 11.6 Å². The normalized spacial score (nSPS) is 13.3. The average Bonchev–Trinajstić information content (AvgIpc) is 2.35. The van der Waals surface area contributed by atoms with Crippen LogP contribution in [-0.2, 0) is 5.41 Å². The molecule has 1 atom stereocenters. The molecule has 1 aromatic rings. The molecular weight excluding hydrogens is 236 g/mol. The van der Waals surface area contributed by atoms with Gasteiger partial charge in [-0.3, -0.25) is 0 Å².